The Morgan fingerprint density at radius 2 is 1.82 bits per heavy atom. The number of rotatable bonds is 4. The van der Waals surface area contributed by atoms with Gasteiger partial charge in [0.25, 0.3) is 6.47 Å². The summed E-state index contributed by atoms with van der Waals surface area (Å²) in [7, 11) is 0. The number of hydrogen-bond donors (Lipinski definition) is 3. The molecule has 1 aliphatic rings. The number of anilines is 3. The van der Waals surface area contributed by atoms with Crippen LogP contribution >= 0.6 is 0 Å². The van der Waals surface area contributed by atoms with Crippen molar-refractivity contribution in [3.05, 3.63) is 59.8 Å². The minimum Gasteiger partial charge on any atom is -0.483 e. The van der Waals surface area contributed by atoms with Crippen LogP contribution in [0.4, 0.5) is 26.5 Å². The van der Waals surface area contributed by atoms with Gasteiger partial charge in [-0.2, -0.15) is 5.10 Å². The quantitative estimate of drug-likeness (QED) is 0.376. The Bertz CT molecular complexity index is 1350. The van der Waals surface area contributed by atoms with E-state index in [4.69, 9.17) is 26.1 Å². The first-order chi connectivity index (χ1) is 16.4. The molecule has 174 valence electrons. The van der Waals surface area contributed by atoms with Crippen LogP contribution in [0.1, 0.15) is 11.4 Å². The summed E-state index contributed by atoms with van der Waals surface area (Å²) >= 11 is 0. The van der Waals surface area contributed by atoms with E-state index in [1.165, 1.54) is 11.0 Å². The van der Waals surface area contributed by atoms with Crippen LogP contribution in [0.3, 0.4) is 0 Å². The van der Waals surface area contributed by atoms with Gasteiger partial charge in [0, 0.05) is 12.6 Å². The third-order valence-electron chi connectivity index (χ3n) is 4.97. The molecule has 0 atom stereocenters. The fourth-order valence-corrected chi connectivity index (χ4v) is 3.55. The van der Waals surface area contributed by atoms with E-state index < -0.39 is 6.09 Å². The molecule has 34 heavy (non-hydrogen) atoms. The van der Waals surface area contributed by atoms with Crippen molar-refractivity contribution in [1.29, 1.82) is 0 Å². The Morgan fingerprint density at radius 1 is 1.12 bits per heavy atom. The van der Waals surface area contributed by atoms with E-state index in [0.717, 1.165) is 0 Å². The van der Waals surface area contributed by atoms with Gasteiger partial charge in [0.05, 0.1) is 12.1 Å². The SMILES string of the molecule is Nc1nc(-c2nc(Cc3ccccc3F)n3ncccc23)nc(N)c1N1CCOC1=O.O=CO. The highest BCUT2D eigenvalue weighted by Gasteiger charge is 2.29. The first-order valence-corrected chi connectivity index (χ1v) is 9.96. The highest BCUT2D eigenvalue weighted by atomic mass is 19.1. The lowest BCUT2D eigenvalue weighted by Crippen LogP contribution is -2.26. The molecule has 1 aromatic carbocycles. The number of nitrogen functional groups attached to an aromatic ring is 2. The lowest BCUT2D eigenvalue weighted by atomic mass is 10.1. The van der Waals surface area contributed by atoms with Gasteiger partial charge in [-0.1, -0.05) is 18.2 Å². The molecule has 0 unspecified atom stereocenters. The summed E-state index contributed by atoms with van der Waals surface area (Å²) in [6.07, 6.45) is 1.27. The lowest BCUT2D eigenvalue weighted by Gasteiger charge is -2.16. The Kier molecular flexibility index (Phi) is 6.16. The van der Waals surface area contributed by atoms with Crippen LogP contribution in [0.5, 0.6) is 0 Å². The zero-order valence-corrected chi connectivity index (χ0v) is 17.6. The summed E-state index contributed by atoms with van der Waals surface area (Å²) in [5.74, 6) is 0.410. The van der Waals surface area contributed by atoms with Crippen LogP contribution in [0.25, 0.3) is 17.0 Å². The second-order valence-corrected chi connectivity index (χ2v) is 7.00. The topological polar surface area (TPSA) is 175 Å². The molecular weight excluding hydrogens is 447 g/mol. The van der Waals surface area contributed by atoms with Crippen molar-refractivity contribution in [2.75, 3.05) is 29.5 Å². The molecule has 5 rings (SSSR count). The number of hydrogen-bond acceptors (Lipinski definition) is 9. The number of fused-ring (bicyclic) bond motifs is 1. The molecule has 1 amide bonds. The van der Waals surface area contributed by atoms with E-state index in [1.54, 1.807) is 41.0 Å². The first kappa shape index (κ1) is 22.4. The number of aromatic nitrogens is 5. The van der Waals surface area contributed by atoms with Crippen molar-refractivity contribution in [2.24, 2.45) is 0 Å². The van der Waals surface area contributed by atoms with Crippen LogP contribution in [0, 0.1) is 5.82 Å². The average molecular weight is 466 g/mol. The standard InChI is InChI=1S/C20H17FN8O2.CH2O2/c21-12-5-2-1-4-11(12)10-14-25-15(13-6-3-7-24-29(13)14)19-26-17(22)16(18(23)27-19)28-8-9-31-20(28)30;2-1-3/h1-7H,8-10H2,(H4,22,23,26,27);1H,(H,2,3). The molecule has 1 fully saturated rings. The van der Waals surface area contributed by atoms with Crippen molar-refractivity contribution in [2.45, 2.75) is 6.42 Å². The zero-order chi connectivity index (χ0) is 24.2. The number of benzene rings is 1. The molecule has 0 bridgehead atoms. The summed E-state index contributed by atoms with van der Waals surface area (Å²) in [6.45, 7) is 0.288. The average Bonchev–Trinajstić information content (AvgIpc) is 3.39. The van der Waals surface area contributed by atoms with Crippen molar-refractivity contribution < 1.29 is 23.8 Å². The number of halogens is 1. The molecule has 12 nitrogen and oxygen atoms in total. The molecule has 3 aromatic heterocycles. The fourth-order valence-electron chi connectivity index (χ4n) is 3.55. The predicted octanol–water partition coefficient (Wildman–Crippen LogP) is 1.74. The maximum atomic E-state index is 14.2. The van der Waals surface area contributed by atoms with Crippen LogP contribution in [-0.2, 0) is 16.0 Å². The van der Waals surface area contributed by atoms with E-state index in [1.807, 2.05) is 0 Å². The second-order valence-electron chi connectivity index (χ2n) is 7.00. The fraction of sp³-hybridized carbons (Fsp3) is 0.143. The number of imidazole rings is 1. The van der Waals surface area contributed by atoms with E-state index in [-0.39, 0.29) is 48.5 Å². The van der Waals surface area contributed by atoms with Gasteiger partial charge in [-0.25, -0.2) is 28.7 Å². The van der Waals surface area contributed by atoms with Crippen molar-refractivity contribution in [3.63, 3.8) is 0 Å². The number of carbonyl (C=O) groups excluding carboxylic acids is 1. The van der Waals surface area contributed by atoms with Crippen molar-refractivity contribution in [3.8, 4) is 11.5 Å². The number of cyclic esters (lactones) is 1. The highest BCUT2D eigenvalue weighted by Crippen LogP contribution is 2.33. The Hall–Kier alpha value is -4.81. The Balaban J connectivity index is 0.000000868. The molecule has 4 aromatic rings. The van der Waals surface area contributed by atoms with Gasteiger partial charge in [-0.3, -0.25) is 9.69 Å². The van der Waals surface area contributed by atoms with Crippen LogP contribution in [-0.4, -0.2) is 55.4 Å². The number of nitrogens with two attached hydrogens (primary N) is 2. The van der Waals surface area contributed by atoms with Gasteiger partial charge >= 0.3 is 6.09 Å². The van der Waals surface area contributed by atoms with Crippen LogP contribution in [0.2, 0.25) is 0 Å². The molecule has 1 saturated heterocycles. The molecule has 0 aliphatic carbocycles. The summed E-state index contributed by atoms with van der Waals surface area (Å²) in [5, 5.41) is 11.2. The lowest BCUT2D eigenvalue weighted by molar-refractivity contribution is -0.122. The van der Waals surface area contributed by atoms with Gasteiger partial charge in [-0.15, -0.1) is 0 Å². The van der Waals surface area contributed by atoms with E-state index in [9.17, 15) is 9.18 Å². The normalized spacial score (nSPS) is 12.9. The van der Waals surface area contributed by atoms with Gasteiger partial charge < -0.3 is 21.3 Å². The number of amides is 1. The van der Waals surface area contributed by atoms with E-state index in [0.29, 0.717) is 29.1 Å². The Labute approximate surface area is 191 Å². The predicted molar refractivity (Wildman–Crippen MR) is 119 cm³/mol. The number of carboxylic acid groups (broad SMARTS) is 1. The first-order valence-electron chi connectivity index (χ1n) is 9.96. The summed E-state index contributed by atoms with van der Waals surface area (Å²) in [5.41, 5.74) is 13.9. The smallest absolute Gasteiger partial charge is 0.414 e. The molecule has 13 heteroatoms. The van der Waals surface area contributed by atoms with Gasteiger partial charge in [-0.05, 0) is 23.8 Å². The minimum atomic E-state index is -0.557. The van der Waals surface area contributed by atoms with Crippen molar-refractivity contribution in [1.82, 2.24) is 24.6 Å². The van der Waals surface area contributed by atoms with Gasteiger partial charge in [0.2, 0.25) is 0 Å². The van der Waals surface area contributed by atoms with Crippen molar-refractivity contribution >= 4 is 35.4 Å². The highest BCUT2D eigenvalue weighted by molar-refractivity contribution is 5.96. The second kappa shape index (κ2) is 9.36. The molecule has 4 heterocycles. The molecule has 0 spiro atoms. The third-order valence-corrected chi connectivity index (χ3v) is 4.97. The number of nitrogens with zero attached hydrogens (tertiary/aromatic N) is 6. The summed E-state index contributed by atoms with van der Waals surface area (Å²) in [6, 6.07) is 10.0. The van der Waals surface area contributed by atoms with E-state index >= 15 is 0 Å². The maximum Gasteiger partial charge on any atom is 0.414 e. The molecular formula is C21H19FN8O4. The molecule has 5 N–H and O–H groups in total. The Morgan fingerprint density at radius 3 is 2.47 bits per heavy atom. The van der Waals surface area contributed by atoms with Gasteiger partial charge in [0.1, 0.15) is 29.6 Å². The molecule has 0 saturated carbocycles. The number of carbonyl (C=O) groups is 2. The monoisotopic (exact) mass is 466 g/mol. The summed E-state index contributed by atoms with van der Waals surface area (Å²) in [4.78, 5) is 34.8. The summed E-state index contributed by atoms with van der Waals surface area (Å²) < 4.78 is 20.7. The molecule has 0 radical (unpaired) electrons. The van der Waals surface area contributed by atoms with Crippen LogP contribution < -0.4 is 16.4 Å². The maximum absolute atomic E-state index is 14.2. The largest absolute Gasteiger partial charge is 0.483 e. The number of ether oxygens (including phenoxy) is 1. The van der Waals surface area contributed by atoms with E-state index in [2.05, 4.69) is 20.1 Å². The molecule has 1 aliphatic heterocycles. The van der Waals surface area contributed by atoms with Crippen LogP contribution in [0.15, 0.2) is 42.6 Å². The van der Waals surface area contributed by atoms with Gasteiger partial charge in [0.15, 0.2) is 17.5 Å². The third kappa shape index (κ3) is 4.13. The zero-order valence-electron chi connectivity index (χ0n) is 17.6. The minimum absolute atomic E-state index is 0.0297.